The lowest BCUT2D eigenvalue weighted by atomic mass is 10.2. The molecule has 1 aromatic heterocycles. The third-order valence-corrected chi connectivity index (χ3v) is 3.27. The van der Waals surface area contributed by atoms with Crippen molar-refractivity contribution in [2.45, 2.75) is 13.2 Å². The molecule has 7 heteroatoms. The number of carboxylic acid groups (broad SMARTS) is 1. The Morgan fingerprint density at radius 3 is 2.75 bits per heavy atom. The van der Waals surface area contributed by atoms with Crippen LogP contribution >= 0.6 is 11.3 Å². The highest BCUT2D eigenvalue weighted by atomic mass is 32.1. The fourth-order valence-corrected chi connectivity index (χ4v) is 2.17. The van der Waals surface area contributed by atoms with Crippen LogP contribution in [0.15, 0.2) is 35.7 Å². The van der Waals surface area contributed by atoms with Gasteiger partial charge in [-0.15, -0.1) is 11.3 Å². The minimum absolute atomic E-state index is 0.0126. The minimum Gasteiger partial charge on any atom is -0.488 e. The van der Waals surface area contributed by atoms with Gasteiger partial charge in [0.1, 0.15) is 23.0 Å². The van der Waals surface area contributed by atoms with E-state index >= 15 is 0 Å². The first-order valence-corrected chi connectivity index (χ1v) is 6.41. The molecule has 0 saturated carbocycles. The lowest BCUT2D eigenvalue weighted by Crippen LogP contribution is -2.05. The molecule has 1 N–H and O–H groups in total. The number of rotatable bonds is 6. The molecule has 0 atom stereocenters. The number of hydrogen-bond donors (Lipinski definition) is 1. The Kier molecular flexibility index (Phi) is 4.52. The van der Waals surface area contributed by atoms with Crippen LogP contribution in [0.25, 0.3) is 0 Å². The van der Waals surface area contributed by atoms with Crippen molar-refractivity contribution in [2.75, 3.05) is 0 Å². The molecule has 0 radical (unpaired) electrons. The molecule has 0 spiro atoms. The highest BCUT2D eigenvalue weighted by molar-refractivity contribution is 7.12. The van der Waals surface area contributed by atoms with Gasteiger partial charge in [-0.1, -0.05) is 18.2 Å². The Balaban J connectivity index is 2.04. The molecule has 0 amide bonds. The predicted molar refractivity (Wildman–Crippen MR) is 68.7 cm³/mol. The maximum atomic E-state index is 12.2. The molecule has 0 fully saturated rings. The van der Waals surface area contributed by atoms with Crippen LogP contribution in [0.4, 0.5) is 8.78 Å². The number of thiophene rings is 1. The van der Waals surface area contributed by atoms with Gasteiger partial charge in [0.05, 0.1) is 0 Å². The second-order valence-corrected chi connectivity index (χ2v) is 4.64. The van der Waals surface area contributed by atoms with E-state index in [9.17, 15) is 13.6 Å². The van der Waals surface area contributed by atoms with E-state index in [-0.39, 0.29) is 17.2 Å². The van der Waals surface area contributed by atoms with Crippen LogP contribution in [0.3, 0.4) is 0 Å². The predicted octanol–water partition coefficient (Wildman–Crippen LogP) is 3.63. The van der Waals surface area contributed by atoms with Crippen molar-refractivity contribution in [2.24, 2.45) is 0 Å². The van der Waals surface area contributed by atoms with Crippen molar-refractivity contribution in [3.8, 4) is 11.5 Å². The molecule has 0 bridgehead atoms. The van der Waals surface area contributed by atoms with Gasteiger partial charge in [0.2, 0.25) is 0 Å². The van der Waals surface area contributed by atoms with Gasteiger partial charge in [0.25, 0.3) is 0 Å². The van der Waals surface area contributed by atoms with Crippen LogP contribution < -0.4 is 9.47 Å². The van der Waals surface area contributed by atoms with Crippen LogP contribution in [0.2, 0.25) is 0 Å². The number of ether oxygens (including phenoxy) is 2. The second kappa shape index (κ2) is 6.33. The number of alkyl halides is 2. The number of carbonyl (C=O) groups is 1. The van der Waals surface area contributed by atoms with Crippen LogP contribution in [0, 0.1) is 0 Å². The number of benzene rings is 1. The molecule has 0 saturated heterocycles. The Bertz CT molecular complexity index is 598. The van der Waals surface area contributed by atoms with Gasteiger partial charge in [-0.2, -0.15) is 8.78 Å². The lowest BCUT2D eigenvalue weighted by molar-refractivity contribution is -0.0508. The molecule has 20 heavy (non-hydrogen) atoms. The van der Waals surface area contributed by atoms with E-state index in [4.69, 9.17) is 9.84 Å². The van der Waals surface area contributed by atoms with E-state index in [1.54, 1.807) is 23.6 Å². The zero-order valence-corrected chi connectivity index (χ0v) is 10.9. The van der Waals surface area contributed by atoms with Crippen molar-refractivity contribution >= 4 is 17.3 Å². The van der Waals surface area contributed by atoms with E-state index in [2.05, 4.69) is 4.74 Å². The van der Waals surface area contributed by atoms with Crippen molar-refractivity contribution in [1.29, 1.82) is 0 Å². The smallest absolute Gasteiger partial charge is 0.387 e. The summed E-state index contributed by atoms with van der Waals surface area (Å²) < 4.78 is 34.2. The standard InChI is InChI=1S/C13H10F2O4S/c14-13(15)19-10-4-2-1-3-8(10)6-18-9-5-11(12(16)17)20-7-9/h1-5,7,13H,6H2,(H,16,17). The van der Waals surface area contributed by atoms with Gasteiger partial charge in [-0.25, -0.2) is 4.79 Å². The average Bonchev–Trinajstić information content (AvgIpc) is 2.86. The number of carboxylic acids is 1. The largest absolute Gasteiger partial charge is 0.488 e. The molecular formula is C13H10F2O4S. The second-order valence-electron chi connectivity index (χ2n) is 3.73. The Morgan fingerprint density at radius 2 is 2.10 bits per heavy atom. The molecule has 106 valence electrons. The van der Waals surface area contributed by atoms with Crippen molar-refractivity contribution in [1.82, 2.24) is 0 Å². The van der Waals surface area contributed by atoms with Crippen molar-refractivity contribution in [3.63, 3.8) is 0 Å². The molecule has 1 aromatic carbocycles. The molecule has 2 rings (SSSR count). The third-order valence-electron chi connectivity index (χ3n) is 2.37. The summed E-state index contributed by atoms with van der Waals surface area (Å²) in [6, 6.07) is 7.65. The van der Waals surface area contributed by atoms with E-state index < -0.39 is 12.6 Å². The van der Waals surface area contributed by atoms with Gasteiger partial charge in [-0.05, 0) is 6.07 Å². The molecule has 0 aliphatic rings. The maximum absolute atomic E-state index is 12.2. The molecule has 2 aromatic rings. The molecule has 1 heterocycles. The Hall–Kier alpha value is -2.15. The Morgan fingerprint density at radius 1 is 1.35 bits per heavy atom. The van der Waals surface area contributed by atoms with Crippen LogP contribution in [-0.2, 0) is 6.61 Å². The van der Waals surface area contributed by atoms with Crippen LogP contribution in [-0.4, -0.2) is 17.7 Å². The monoisotopic (exact) mass is 300 g/mol. The summed E-state index contributed by atoms with van der Waals surface area (Å²) >= 11 is 1.03. The third kappa shape index (κ3) is 3.67. The van der Waals surface area contributed by atoms with E-state index in [1.807, 2.05) is 0 Å². The highest BCUT2D eigenvalue weighted by Gasteiger charge is 2.11. The first-order chi connectivity index (χ1) is 9.56. The highest BCUT2D eigenvalue weighted by Crippen LogP contribution is 2.25. The number of halogens is 2. The summed E-state index contributed by atoms with van der Waals surface area (Å²) in [6.45, 7) is -2.89. The van der Waals surface area contributed by atoms with Gasteiger partial charge in [0, 0.05) is 17.0 Å². The Labute approximate surface area is 117 Å². The summed E-state index contributed by atoms with van der Waals surface area (Å²) in [6.07, 6.45) is 0. The molecule has 0 unspecified atom stereocenters. The summed E-state index contributed by atoms with van der Waals surface area (Å²) in [4.78, 5) is 10.9. The van der Waals surface area contributed by atoms with Crippen molar-refractivity contribution < 1.29 is 28.2 Å². The van der Waals surface area contributed by atoms with E-state index in [0.717, 1.165) is 11.3 Å². The fourth-order valence-electron chi connectivity index (χ4n) is 1.50. The van der Waals surface area contributed by atoms with Gasteiger partial charge in [-0.3, -0.25) is 0 Å². The summed E-state index contributed by atoms with van der Waals surface area (Å²) in [5.74, 6) is -0.623. The summed E-state index contributed by atoms with van der Waals surface area (Å²) in [5, 5.41) is 10.3. The normalized spacial score (nSPS) is 10.6. The fraction of sp³-hybridized carbons (Fsp3) is 0.154. The van der Waals surface area contributed by atoms with Gasteiger partial charge >= 0.3 is 12.6 Å². The molecule has 0 aliphatic carbocycles. The molecule has 4 nitrogen and oxygen atoms in total. The number of hydrogen-bond acceptors (Lipinski definition) is 4. The van der Waals surface area contributed by atoms with Crippen LogP contribution in [0.1, 0.15) is 15.2 Å². The van der Waals surface area contributed by atoms with E-state index in [1.165, 1.54) is 12.1 Å². The first-order valence-electron chi connectivity index (χ1n) is 5.53. The first kappa shape index (κ1) is 14.3. The average molecular weight is 300 g/mol. The zero-order valence-electron chi connectivity index (χ0n) is 10.1. The summed E-state index contributed by atoms with van der Waals surface area (Å²) in [7, 11) is 0. The summed E-state index contributed by atoms with van der Waals surface area (Å²) in [5.41, 5.74) is 0.455. The molecule has 0 aliphatic heterocycles. The SMILES string of the molecule is O=C(O)c1cc(OCc2ccccc2OC(F)F)cs1. The topological polar surface area (TPSA) is 55.8 Å². The minimum atomic E-state index is -2.91. The van der Waals surface area contributed by atoms with Crippen LogP contribution in [0.5, 0.6) is 11.5 Å². The van der Waals surface area contributed by atoms with Gasteiger partial charge in [0.15, 0.2) is 0 Å². The van der Waals surface area contributed by atoms with Gasteiger partial charge < -0.3 is 14.6 Å². The molecular weight excluding hydrogens is 290 g/mol. The lowest BCUT2D eigenvalue weighted by Gasteiger charge is -2.10. The van der Waals surface area contributed by atoms with E-state index in [0.29, 0.717) is 11.3 Å². The zero-order chi connectivity index (χ0) is 14.5. The number of aromatic carboxylic acids is 1. The quantitative estimate of drug-likeness (QED) is 0.885. The maximum Gasteiger partial charge on any atom is 0.387 e. The number of para-hydroxylation sites is 1. The van der Waals surface area contributed by atoms with Crippen molar-refractivity contribution in [3.05, 3.63) is 46.2 Å².